The number of aromatic amines is 2. The SMILES string of the molecule is Cc1ccc(NC(=O)c2nc(C(C)(F)F)[nH]c2-c2ccc(F)cc2)cc1NC(=O)c1c[nH]c2ncccc12. The van der Waals surface area contributed by atoms with Crippen molar-refractivity contribution >= 4 is 34.2 Å². The molecule has 0 radical (unpaired) electrons. The summed E-state index contributed by atoms with van der Waals surface area (Å²) in [4.78, 5) is 39.6. The van der Waals surface area contributed by atoms with Crippen molar-refractivity contribution in [2.24, 2.45) is 0 Å². The molecule has 0 aliphatic heterocycles. The number of pyridine rings is 1. The predicted octanol–water partition coefficient (Wildman–Crippen LogP) is 6.02. The van der Waals surface area contributed by atoms with Gasteiger partial charge >= 0.3 is 5.92 Å². The summed E-state index contributed by atoms with van der Waals surface area (Å²) in [5, 5.41) is 6.13. The first-order chi connectivity index (χ1) is 18.1. The number of fused-ring (bicyclic) bond motifs is 1. The van der Waals surface area contributed by atoms with Gasteiger partial charge in [0.15, 0.2) is 11.5 Å². The monoisotopic (exact) mass is 518 g/mol. The van der Waals surface area contributed by atoms with E-state index in [4.69, 9.17) is 0 Å². The number of nitrogens with one attached hydrogen (secondary N) is 4. The van der Waals surface area contributed by atoms with Crippen LogP contribution in [0, 0.1) is 12.7 Å². The number of amides is 2. The lowest BCUT2D eigenvalue weighted by Crippen LogP contribution is -2.16. The van der Waals surface area contributed by atoms with E-state index in [-0.39, 0.29) is 17.3 Å². The van der Waals surface area contributed by atoms with Crippen LogP contribution in [-0.4, -0.2) is 31.8 Å². The molecule has 11 heteroatoms. The normalized spacial score (nSPS) is 11.5. The maximum Gasteiger partial charge on any atom is 0.301 e. The van der Waals surface area contributed by atoms with Gasteiger partial charge in [-0.05, 0) is 61.0 Å². The fraction of sp³-hybridized carbons (Fsp3) is 0.111. The zero-order valence-corrected chi connectivity index (χ0v) is 20.2. The Hall–Kier alpha value is -4.93. The lowest BCUT2D eigenvalue weighted by molar-refractivity contribution is 0.00858. The lowest BCUT2D eigenvalue weighted by Gasteiger charge is -2.11. The van der Waals surface area contributed by atoms with Crippen LogP contribution in [0.5, 0.6) is 0 Å². The topological polar surface area (TPSA) is 116 Å². The summed E-state index contributed by atoms with van der Waals surface area (Å²) in [6.07, 6.45) is 3.17. The molecule has 0 unspecified atom stereocenters. The molecule has 2 amide bonds. The van der Waals surface area contributed by atoms with Gasteiger partial charge in [0.1, 0.15) is 11.5 Å². The molecule has 38 heavy (non-hydrogen) atoms. The highest BCUT2D eigenvalue weighted by molar-refractivity contribution is 6.13. The Morgan fingerprint density at radius 1 is 1.00 bits per heavy atom. The van der Waals surface area contributed by atoms with Crippen molar-refractivity contribution in [3.05, 3.63) is 95.5 Å². The molecule has 2 aromatic carbocycles. The second-order valence-corrected chi connectivity index (χ2v) is 8.74. The molecule has 3 aromatic heterocycles. The van der Waals surface area contributed by atoms with E-state index in [1.807, 2.05) is 0 Å². The van der Waals surface area contributed by atoms with Crippen molar-refractivity contribution in [1.82, 2.24) is 19.9 Å². The average Bonchev–Trinajstić information content (AvgIpc) is 3.52. The molecule has 3 heterocycles. The van der Waals surface area contributed by atoms with Crippen LogP contribution in [0.15, 0.2) is 67.0 Å². The second kappa shape index (κ2) is 9.51. The van der Waals surface area contributed by atoms with Crippen molar-refractivity contribution in [1.29, 1.82) is 0 Å². The van der Waals surface area contributed by atoms with E-state index < -0.39 is 23.5 Å². The quantitative estimate of drug-likeness (QED) is 0.220. The van der Waals surface area contributed by atoms with E-state index in [9.17, 15) is 22.8 Å². The Kier molecular flexibility index (Phi) is 6.19. The molecule has 8 nitrogen and oxygen atoms in total. The minimum Gasteiger partial charge on any atom is -0.345 e. The summed E-state index contributed by atoms with van der Waals surface area (Å²) in [6.45, 7) is 2.44. The van der Waals surface area contributed by atoms with Crippen molar-refractivity contribution in [2.75, 3.05) is 10.6 Å². The smallest absolute Gasteiger partial charge is 0.301 e. The third-order valence-corrected chi connectivity index (χ3v) is 5.91. The number of hydrogen-bond acceptors (Lipinski definition) is 4. The maximum atomic E-state index is 14.0. The third-order valence-electron chi connectivity index (χ3n) is 5.91. The Morgan fingerprint density at radius 2 is 1.76 bits per heavy atom. The van der Waals surface area contributed by atoms with E-state index in [2.05, 4.69) is 30.6 Å². The van der Waals surface area contributed by atoms with Crippen LogP contribution in [0.1, 0.15) is 39.2 Å². The van der Waals surface area contributed by atoms with Gasteiger partial charge in [-0.3, -0.25) is 9.59 Å². The fourth-order valence-corrected chi connectivity index (χ4v) is 3.93. The van der Waals surface area contributed by atoms with Crippen LogP contribution >= 0.6 is 0 Å². The molecule has 0 fully saturated rings. The fourth-order valence-electron chi connectivity index (χ4n) is 3.93. The number of imidazole rings is 1. The van der Waals surface area contributed by atoms with Crippen molar-refractivity contribution in [3.63, 3.8) is 0 Å². The van der Waals surface area contributed by atoms with Crippen LogP contribution < -0.4 is 10.6 Å². The van der Waals surface area contributed by atoms with E-state index in [0.29, 0.717) is 40.5 Å². The molecule has 0 aliphatic rings. The molecular formula is C27H21F3N6O2. The Balaban J connectivity index is 1.42. The number of nitrogens with zero attached hydrogens (tertiary/aromatic N) is 2. The van der Waals surface area contributed by atoms with Crippen LogP contribution in [0.25, 0.3) is 22.3 Å². The number of rotatable bonds is 6. The van der Waals surface area contributed by atoms with Crippen molar-refractivity contribution in [2.45, 2.75) is 19.8 Å². The van der Waals surface area contributed by atoms with Crippen molar-refractivity contribution in [3.8, 4) is 11.3 Å². The highest BCUT2D eigenvalue weighted by atomic mass is 19.3. The number of aromatic nitrogens is 4. The molecular weight excluding hydrogens is 497 g/mol. The van der Waals surface area contributed by atoms with Gasteiger partial charge in [-0.1, -0.05) is 6.07 Å². The third kappa shape index (κ3) is 4.85. The molecule has 4 N–H and O–H groups in total. The van der Waals surface area contributed by atoms with Gasteiger partial charge in [0.25, 0.3) is 11.8 Å². The summed E-state index contributed by atoms with van der Waals surface area (Å²) in [7, 11) is 0. The van der Waals surface area contributed by atoms with E-state index in [0.717, 1.165) is 17.7 Å². The van der Waals surface area contributed by atoms with Gasteiger partial charge in [-0.15, -0.1) is 0 Å². The molecule has 0 saturated heterocycles. The number of halogens is 3. The average molecular weight is 518 g/mol. The van der Waals surface area contributed by atoms with Crippen LogP contribution in [0.4, 0.5) is 24.5 Å². The number of aryl methyl sites for hydroxylation is 1. The Bertz CT molecular complexity index is 1670. The largest absolute Gasteiger partial charge is 0.345 e. The molecule has 0 aliphatic carbocycles. The van der Waals surface area contributed by atoms with Gasteiger partial charge in [0, 0.05) is 41.6 Å². The number of anilines is 2. The Morgan fingerprint density at radius 3 is 2.50 bits per heavy atom. The first-order valence-electron chi connectivity index (χ1n) is 11.5. The number of carbonyl (C=O) groups is 2. The summed E-state index contributed by atoms with van der Waals surface area (Å²) in [5.41, 5.74) is 2.48. The molecule has 0 bridgehead atoms. The first kappa shape index (κ1) is 24.8. The second-order valence-electron chi connectivity index (χ2n) is 8.74. The van der Waals surface area contributed by atoms with E-state index in [1.54, 1.807) is 49.6 Å². The van der Waals surface area contributed by atoms with E-state index in [1.165, 1.54) is 12.1 Å². The van der Waals surface area contributed by atoms with Crippen LogP contribution in [-0.2, 0) is 5.92 Å². The Labute approximate surface area is 214 Å². The van der Waals surface area contributed by atoms with Gasteiger partial charge in [0.05, 0.1) is 11.3 Å². The zero-order valence-electron chi connectivity index (χ0n) is 20.2. The molecule has 5 rings (SSSR count). The first-order valence-corrected chi connectivity index (χ1v) is 11.5. The predicted molar refractivity (Wildman–Crippen MR) is 137 cm³/mol. The molecule has 0 spiro atoms. The summed E-state index contributed by atoms with van der Waals surface area (Å²) >= 11 is 0. The maximum absolute atomic E-state index is 14.0. The minimum absolute atomic E-state index is 0.0209. The number of carbonyl (C=O) groups excluding carboxylic acids is 2. The van der Waals surface area contributed by atoms with Gasteiger partial charge in [0.2, 0.25) is 0 Å². The summed E-state index contributed by atoms with van der Waals surface area (Å²) in [6, 6.07) is 13.4. The standard InChI is InChI=1S/C27H21F3N6O2/c1-14-5-10-17(12-20(14)34-24(37)19-13-32-23-18(19)4-3-11-31-23)33-25(38)22-21(15-6-8-16(28)9-7-15)35-26(36-22)27(2,29)30/h3-13H,1-2H3,(H,31,32)(H,33,38)(H,34,37)(H,35,36). The molecule has 5 aromatic rings. The number of hydrogen-bond donors (Lipinski definition) is 4. The zero-order chi connectivity index (χ0) is 27.0. The number of alkyl halides is 2. The molecule has 192 valence electrons. The minimum atomic E-state index is -3.34. The lowest BCUT2D eigenvalue weighted by atomic mass is 10.1. The van der Waals surface area contributed by atoms with E-state index >= 15 is 0 Å². The van der Waals surface area contributed by atoms with Gasteiger partial charge in [-0.2, -0.15) is 8.78 Å². The highest BCUT2D eigenvalue weighted by Gasteiger charge is 2.32. The van der Waals surface area contributed by atoms with Gasteiger partial charge < -0.3 is 20.6 Å². The van der Waals surface area contributed by atoms with Crippen LogP contribution in [0.2, 0.25) is 0 Å². The number of H-pyrrole nitrogens is 2. The summed E-state index contributed by atoms with van der Waals surface area (Å²) in [5.74, 6) is -5.70. The molecule has 0 saturated carbocycles. The molecule has 0 atom stereocenters. The number of benzene rings is 2. The van der Waals surface area contributed by atoms with Gasteiger partial charge in [-0.25, -0.2) is 14.4 Å². The van der Waals surface area contributed by atoms with Crippen LogP contribution in [0.3, 0.4) is 0 Å². The highest BCUT2D eigenvalue weighted by Crippen LogP contribution is 2.31. The van der Waals surface area contributed by atoms with Crippen molar-refractivity contribution < 1.29 is 22.8 Å². The summed E-state index contributed by atoms with van der Waals surface area (Å²) < 4.78 is 41.4.